The minimum Gasteiger partial charge on any atom is -0.491 e. The van der Waals surface area contributed by atoms with Crippen LogP contribution < -0.4 is 15.4 Å². The highest BCUT2D eigenvalue weighted by Gasteiger charge is 2.10. The molecule has 2 N–H and O–H groups in total. The highest BCUT2D eigenvalue weighted by Crippen LogP contribution is 2.24. The summed E-state index contributed by atoms with van der Waals surface area (Å²) >= 11 is 2.09. The molecular formula is C21H19IN2O3. The second kappa shape index (κ2) is 9.36. The lowest BCUT2D eigenvalue weighted by molar-refractivity contribution is -0.120. The maximum atomic E-state index is 12.1. The van der Waals surface area contributed by atoms with Crippen molar-refractivity contribution in [3.05, 3.63) is 75.9 Å². The van der Waals surface area contributed by atoms with Crippen molar-refractivity contribution in [2.45, 2.75) is 0 Å². The van der Waals surface area contributed by atoms with Crippen molar-refractivity contribution in [2.24, 2.45) is 0 Å². The van der Waals surface area contributed by atoms with Crippen LogP contribution in [-0.2, 0) is 4.79 Å². The van der Waals surface area contributed by atoms with Gasteiger partial charge in [-0.05, 0) is 46.2 Å². The standard InChI is InChI=1S/C21H19IN2O3/c22-18-10-4-3-9-17(18)21(26)24-14-20(25)23-12-13-27-19-11-5-7-15-6-1-2-8-16(15)19/h1-11H,12-14H2,(H,23,25)(H,24,26). The molecule has 0 bridgehead atoms. The SMILES string of the molecule is O=C(CNC(=O)c1ccccc1I)NCCOc1cccc2ccccc12. The molecule has 0 radical (unpaired) electrons. The van der Waals surface area contributed by atoms with E-state index in [2.05, 4.69) is 33.2 Å². The van der Waals surface area contributed by atoms with Crippen molar-refractivity contribution < 1.29 is 14.3 Å². The van der Waals surface area contributed by atoms with E-state index < -0.39 is 0 Å². The molecule has 3 aromatic rings. The predicted octanol–water partition coefficient (Wildman–Crippen LogP) is 3.37. The van der Waals surface area contributed by atoms with Crippen molar-refractivity contribution in [3.8, 4) is 5.75 Å². The third-order valence-electron chi connectivity index (χ3n) is 3.96. The maximum Gasteiger partial charge on any atom is 0.252 e. The van der Waals surface area contributed by atoms with Gasteiger partial charge in [-0.15, -0.1) is 0 Å². The number of benzene rings is 3. The summed E-state index contributed by atoms with van der Waals surface area (Å²) < 4.78 is 6.62. The minimum atomic E-state index is -0.262. The molecule has 0 aromatic heterocycles. The second-order valence-corrected chi connectivity index (χ2v) is 7.00. The van der Waals surface area contributed by atoms with Gasteiger partial charge in [-0.1, -0.05) is 48.5 Å². The smallest absolute Gasteiger partial charge is 0.252 e. The molecule has 3 rings (SSSR count). The lowest BCUT2D eigenvalue weighted by Gasteiger charge is -2.11. The number of amides is 2. The largest absolute Gasteiger partial charge is 0.491 e. The lowest BCUT2D eigenvalue weighted by Crippen LogP contribution is -2.38. The highest BCUT2D eigenvalue weighted by atomic mass is 127. The van der Waals surface area contributed by atoms with Crippen LogP contribution in [0.15, 0.2) is 66.7 Å². The van der Waals surface area contributed by atoms with Gasteiger partial charge < -0.3 is 15.4 Å². The summed E-state index contributed by atoms with van der Waals surface area (Å²) in [6.45, 7) is 0.642. The Morgan fingerprint density at radius 3 is 2.48 bits per heavy atom. The van der Waals surface area contributed by atoms with E-state index in [1.807, 2.05) is 54.6 Å². The number of halogens is 1. The number of fused-ring (bicyclic) bond motifs is 1. The molecule has 0 aliphatic heterocycles. The summed E-state index contributed by atoms with van der Waals surface area (Å²) in [7, 11) is 0. The normalized spacial score (nSPS) is 10.4. The zero-order valence-electron chi connectivity index (χ0n) is 14.6. The fourth-order valence-electron chi connectivity index (χ4n) is 2.64. The van der Waals surface area contributed by atoms with Crippen LogP contribution in [0.4, 0.5) is 0 Å². The Hall–Kier alpha value is -2.61. The van der Waals surface area contributed by atoms with Crippen LogP contribution in [0, 0.1) is 3.57 Å². The Labute approximate surface area is 171 Å². The zero-order valence-corrected chi connectivity index (χ0v) is 16.7. The van der Waals surface area contributed by atoms with Crippen LogP contribution >= 0.6 is 22.6 Å². The first-order chi connectivity index (χ1) is 13.1. The molecule has 2 amide bonds. The van der Waals surface area contributed by atoms with Gasteiger partial charge >= 0.3 is 0 Å². The molecule has 3 aromatic carbocycles. The van der Waals surface area contributed by atoms with Crippen molar-refractivity contribution in [1.82, 2.24) is 10.6 Å². The van der Waals surface area contributed by atoms with E-state index in [9.17, 15) is 9.59 Å². The van der Waals surface area contributed by atoms with Crippen molar-refractivity contribution in [1.29, 1.82) is 0 Å². The topological polar surface area (TPSA) is 67.4 Å². The maximum absolute atomic E-state index is 12.1. The molecule has 0 atom stereocenters. The number of rotatable bonds is 7. The molecule has 0 unspecified atom stereocenters. The van der Waals surface area contributed by atoms with E-state index in [1.54, 1.807) is 12.1 Å². The first kappa shape index (κ1) is 19.2. The van der Waals surface area contributed by atoms with Crippen LogP contribution in [0.25, 0.3) is 10.8 Å². The summed E-state index contributed by atoms with van der Waals surface area (Å²) in [5.41, 5.74) is 0.560. The third-order valence-corrected chi connectivity index (χ3v) is 4.90. The number of hydrogen-bond acceptors (Lipinski definition) is 3. The molecule has 0 heterocycles. The molecule has 0 aliphatic carbocycles. The number of ether oxygens (including phenoxy) is 1. The Balaban J connectivity index is 1.42. The molecule has 0 fully saturated rings. The molecule has 5 nitrogen and oxygen atoms in total. The first-order valence-corrected chi connectivity index (χ1v) is 9.63. The molecule has 6 heteroatoms. The third kappa shape index (κ3) is 5.19. The number of carbonyl (C=O) groups excluding carboxylic acids is 2. The summed E-state index contributed by atoms with van der Waals surface area (Å²) in [5.74, 6) is 0.271. The van der Waals surface area contributed by atoms with Gasteiger partial charge in [0, 0.05) is 8.96 Å². The van der Waals surface area contributed by atoms with Gasteiger partial charge in [0.2, 0.25) is 5.91 Å². The minimum absolute atomic E-state index is 0.0714. The van der Waals surface area contributed by atoms with Gasteiger partial charge in [-0.3, -0.25) is 9.59 Å². The molecule has 27 heavy (non-hydrogen) atoms. The molecule has 0 saturated carbocycles. The molecule has 0 saturated heterocycles. The second-order valence-electron chi connectivity index (χ2n) is 5.84. The van der Waals surface area contributed by atoms with Crippen LogP contribution in [0.1, 0.15) is 10.4 Å². The van der Waals surface area contributed by atoms with Crippen LogP contribution in [-0.4, -0.2) is 31.5 Å². The quantitative estimate of drug-likeness (QED) is 0.408. The van der Waals surface area contributed by atoms with Crippen molar-refractivity contribution in [2.75, 3.05) is 19.7 Å². The Morgan fingerprint density at radius 1 is 0.889 bits per heavy atom. The van der Waals surface area contributed by atoms with E-state index in [-0.39, 0.29) is 18.4 Å². The monoisotopic (exact) mass is 474 g/mol. The van der Waals surface area contributed by atoms with E-state index in [0.717, 1.165) is 20.1 Å². The van der Waals surface area contributed by atoms with E-state index >= 15 is 0 Å². The van der Waals surface area contributed by atoms with Crippen molar-refractivity contribution >= 4 is 45.2 Å². The van der Waals surface area contributed by atoms with Crippen LogP contribution in [0.5, 0.6) is 5.75 Å². The van der Waals surface area contributed by atoms with Gasteiger partial charge in [0.1, 0.15) is 12.4 Å². The summed E-state index contributed by atoms with van der Waals surface area (Å²) in [6, 6.07) is 21.1. The van der Waals surface area contributed by atoms with Crippen molar-refractivity contribution in [3.63, 3.8) is 0 Å². The van der Waals surface area contributed by atoms with Gasteiger partial charge in [0.15, 0.2) is 0 Å². The summed E-state index contributed by atoms with van der Waals surface area (Å²) in [6.07, 6.45) is 0. The average Bonchev–Trinajstić information content (AvgIpc) is 2.70. The molecule has 138 valence electrons. The summed E-state index contributed by atoms with van der Waals surface area (Å²) in [5, 5.41) is 7.51. The van der Waals surface area contributed by atoms with E-state index in [1.165, 1.54) is 0 Å². The lowest BCUT2D eigenvalue weighted by atomic mass is 10.1. The van der Waals surface area contributed by atoms with Gasteiger partial charge in [-0.2, -0.15) is 0 Å². The molecule has 0 spiro atoms. The fraction of sp³-hybridized carbons (Fsp3) is 0.143. The Kier molecular flexibility index (Phi) is 6.64. The van der Waals surface area contributed by atoms with Gasteiger partial charge in [0.05, 0.1) is 18.7 Å². The van der Waals surface area contributed by atoms with Crippen LogP contribution in [0.2, 0.25) is 0 Å². The highest BCUT2D eigenvalue weighted by molar-refractivity contribution is 14.1. The van der Waals surface area contributed by atoms with E-state index in [0.29, 0.717) is 18.7 Å². The number of carbonyl (C=O) groups is 2. The number of hydrogen-bond donors (Lipinski definition) is 2. The summed E-state index contributed by atoms with van der Waals surface area (Å²) in [4.78, 5) is 24.0. The Morgan fingerprint density at radius 2 is 1.63 bits per heavy atom. The Bertz CT molecular complexity index is 954. The average molecular weight is 474 g/mol. The first-order valence-electron chi connectivity index (χ1n) is 8.55. The zero-order chi connectivity index (χ0) is 19.1. The van der Waals surface area contributed by atoms with Crippen LogP contribution in [0.3, 0.4) is 0 Å². The van der Waals surface area contributed by atoms with Gasteiger partial charge in [0.25, 0.3) is 5.91 Å². The molecular weight excluding hydrogens is 455 g/mol. The van der Waals surface area contributed by atoms with Gasteiger partial charge in [-0.25, -0.2) is 0 Å². The predicted molar refractivity (Wildman–Crippen MR) is 114 cm³/mol. The molecule has 0 aliphatic rings. The fourth-order valence-corrected chi connectivity index (χ4v) is 3.27. The van der Waals surface area contributed by atoms with E-state index in [4.69, 9.17) is 4.74 Å². The number of nitrogens with one attached hydrogen (secondary N) is 2.